The third kappa shape index (κ3) is 102. The molecule has 0 aliphatic carbocycles. The Morgan fingerprint density at radius 3 is 0.636 bits per heavy atom. The third-order valence-corrected chi connectivity index (χ3v) is 0.333. The zero-order valence-corrected chi connectivity index (χ0v) is 8.71. The molecular weight excluding hydrogens is 234 g/mol. The zero-order chi connectivity index (χ0) is 6.83. The van der Waals surface area contributed by atoms with Crippen molar-refractivity contribution in [3.8, 4) is 0 Å². The Labute approximate surface area is 90.6 Å². The van der Waals surface area contributed by atoms with Gasteiger partial charge in [-0.15, -0.1) is 0 Å². The second-order valence-corrected chi connectivity index (χ2v) is 1.15. The number of rotatable bonds is 2. The van der Waals surface area contributed by atoms with E-state index in [9.17, 15) is 0 Å². The predicted octanol–water partition coefficient (Wildman–Crippen LogP) is -8.19. The summed E-state index contributed by atoms with van der Waals surface area (Å²) in [5.74, 6) is 0. The summed E-state index contributed by atoms with van der Waals surface area (Å²) in [6, 6.07) is 0. The van der Waals surface area contributed by atoms with Crippen LogP contribution in [0.3, 0.4) is 0 Å². The van der Waals surface area contributed by atoms with Gasteiger partial charge in [-0.05, 0) is 0 Å². The van der Waals surface area contributed by atoms with Gasteiger partial charge in [0.05, 0.1) is 0 Å². The smallest absolute Gasteiger partial charge is 1.00 e. The molecular formula is C4H16Cl2N4Ni. The summed E-state index contributed by atoms with van der Waals surface area (Å²) in [6.07, 6.45) is 0. The second kappa shape index (κ2) is 44.4. The molecule has 0 aromatic carbocycles. The number of halogens is 2. The fraction of sp³-hybridized carbons (Fsp3) is 1.00. The molecule has 0 rings (SSSR count). The van der Waals surface area contributed by atoms with Crippen LogP contribution in [-0.2, 0) is 16.5 Å². The van der Waals surface area contributed by atoms with Crippen LogP contribution in [0.4, 0.5) is 0 Å². The molecule has 0 amide bonds. The molecule has 0 unspecified atom stereocenters. The first-order valence-electron chi connectivity index (χ1n) is 2.63. The second-order valence-electron chi connectivity index (χ2n) is 1.15. The van der Waals surface area contributed by atoms with Crippen molar-refractivity contribution in [2.24, 2.45) is 22.9 Å². The van der Waals surface area contributed by atoms with E-state index in [1.807, 2.05) is 0 Å². The van der Waals surface area contributed by atoms with E-state index >= 15 is 0 Å². The summed E-state index contributed by atoms with van der Waals surface area (Å²) in [4.78, 5) is 0. The van der Waals surface area contributed by atoms with Crippen LogP contribution >= 0.6 is 0 Å². The Morgan fingerprint density at radius 1 is 0.545 bits per heavy atom. The van der Waals surface area contributed by atoms with E-state index in [1.165, 1.54) is 0 Å². The molecule has 0 saturated carbocycles. The van der Waals surface area contributed by atoms with Gasteiger partial charge in [-0.25, -0.2) is 0 Å². The van der Waals surface area contributed by atoms with E-state index in [1.54, 1.807) is 0 Å². The Kier molecular flexibility index (Phi) is 120. The molecule has 0 aromatic rings. The Hall–Kier alpha value is 0.914. The molecule has 0 radical (unpaired) electrons. The van der Waals surface area contributed by atoms with Crippen molar-refractivity contribution in [1.29, 1.82) is 0 Å². The van der Waals surface area contributed by atoms with E-state index < -0.39 is 0 Å². The Bertz CT molecular complexity index is 28.1. The van der Waals surface area contributed by atoms with Crippen LogP contribution in [0.15, 0.2) is 0 Å². The number of nitrogens with two attached hydrogens (primary N) is 4. The third-order valence-electron chi connectivity index (χ3n) is 0.333. The van der Waals surface area contributed by atoms with Crippen LogP contribution in [0.5, 0.6) is 0 Å². The number of hydrogen-bond acceptors (Lipinski definition) is 4. The molecule has 0 fully saturated rings. The summed E-state index contributed by atoms with van der Waals surface area (Å²) in [5, 5.41) is 0. The average molecular weight is 250 g/mol. The Morgan fingerprint density at radius 2 is 0.636 bits per heavy atom. The van der Waals surface area contributed by atoms with Crippen LogP contribution in [0.1, 0.15) is 0 Å². The fourth-order valence-electron chi connectivity index (χ4n) is 0. The minimum atomic E-state index is 0. The van der Waals surface area contributed by atoms with Gasteiger partial charge < -0.3 is 47.7 Å². The molecule has 0 atom stereocenters. The van der Waals surface area contributed by atoms with Crippen molar-refractivity contribution in [2.75, 3.05) is 26.2 Å². The molecule has 4 nitrogen and oxygen atoms in total. The zero-order valence-electron chi connectivity index (χ0n) is 6.21. The minimum absolute atomic E-state index is 0. The summed E-state index contributed by atoms with van der Waals surface area (Å²) in [7, 11) is 0. The summed E-state index contributed by atoms with van der Waals surface area (Å²) in [6.45, 7) is 2.39. The summed E-state index contributed by atoms with van der Waals surface area (Å²) < 4.78 is 0. The SMILES string of the molecule is NCCN.NCCN.[Cl-].[Cl-].[Ni+2]. The molecule has 0 bridgehead atoms. The van der Waals surface area contributed by atoms with Gasteiger partial charge in [0.2, 0.25) is 0 Å². The molecule has 11 heavy (non-hydrogen) atoms. The fourth-order valence-corrected chi connectivity index (χ4v) is 0. The average Bonchev–Trinajstić information content (AvgIpc) is 1.88. The van der Waals surface area contributed by atoms with Crippen LogP contribution in [0.25, 0.3) is 0 Å². The van der Waals surface area contributed by atoms with Gasteiger partial charge in [-0.3, -0.25) is 0 Å². The molecule has 8 N–H and O–H groups in total. The maximum absolute atomic E-state index is 4.90. The molecule has 0 aliphatic rings. The van der Waals surface area contributed by atoms with Crippen molar-refractivity contribution < 1.29 is 41.3 Å². The maximum Gasteiger partial charge on any atom is 2.00 e. The van der Waals surface area contributed by atoms with Gasteiger partial charge in [0, 0.05) is 26.2 Å². The van der Waals surface area contributed by atoms with Gasteiger partial charge in [0.25, 0.3) is 0 Å². The van der Waals surface area contributed by atoms with Crippen molar-refractivity contribution >= 4 is 0 Å². The summed E-state index contributed by atoms with van der Waals surface area (Å²) in [5.41, 5.74) is 19.6. The largest absolute Gasteiger partial charge is 2.00 e. The van der Waals surface area contributed by atoms with Gasteiger partial charge in [0.15, 0.2) is 0 Å². The quantitative estimate of drug-likeness (QED) is 0.365. The van der Waals surface area contributed by atoms with Crippen molar-refractivity contribution in [1.82, 2.24) is 0 Å². The van der Waals surface area contributed by atoms with Crippen molar-refractivity contribution in [3.05, 3.63) is 0 Å². The monoisotopic (exact) mass is 248 g/mol. The van der Waals surface area contributed by atoms with Crippen LogP contribution in [0, 0.1) is 0 Å². The van der Waals surface area contributed by atoms with E-state index in [4.69, 9.17) is 22.9 Å². The molecule has 7 heteroatoms. The molecule has 0 spiro atoms. The van der Waals surface area contributed by atoms with E-state index in [2.05, 4.69) is 0 Å². The topological polar surface area (TPSA) is 104 Å². The first-order valence-corrected chi connectivity index (χ1v) is 2.63. The van der Waals surface area contributed by atoms with Gasteiger partial charge in [-0.1, -0.05) is 0 Å². The number of hydrogen-bond donors (Lipinski definition) is 4. The molecule has 0 saturated heterocycles. The van der Waals surface area contributed by atoms with E-state index in [0.29, 0.717) is 26.2 Å². The van der Waals surface area contributed by atoms with Gasteiger partial charge >= 0.3 is 16.5 Å². The van der Waals surface area contributed by atoms with Crippen molar-refractivity contribution in [2.45, 2.75) is 0 Å². The first-order chi connectivity index (χ1) is 3.83. The predicted molar refractivity (Wildman–Crippen MR) is 36.2 cm³/mol. The normalized spacial score (nSPS) is 5.45. The molecule has 76 valence electrons. The minimum Gasteiger partial charge on any atom is -1.00 e. The van der Waals surface area contributed by atoms with E-state index in [0.717, 1.165) is 0 Å². The molecule has 0 aromatic heterocycles. The standard InChI is InChI=1S/2C2H8N2.2ClH.Ni/c2*3-1-2-4;;;/h2*1-4H2;2*1H;/q;;;;+2/p-2. The Balaban J connectivity index is -0.0000000171. The van der Waals surface area contributed by atoms with Gasteiger partial charge in [-0.2, -0.15) is 0 Å². The van der Waals surface area contributed by atoms with Crippen molar-refractivity contribution in [3.63, 3.8) is 0 Å². The van der Waals surface area contributed by atoms with E-state index in [-0.39, 0.29) is 41.3 Å². The van der Waals surface area contributed by atoms with Crippen LogP contribution < -0.4 is 47.7 Å². The maximum atomic E-state index is 4.90. The molecule has 0 heterocycles. The summed E-state index contributed by atoms with van der Waals surface area (Å²) >= 11 is 0. The molecule has 0 aliphatic heterocycles. The van der Waals surface area contributed by atoms with Gasteiger partial charge in [0.1, 0.15) is 0 Å². The van der Waals surface area contributed by atoms with Crippen LogP contribution in [-0.4, -0.2) is 26.2 Å². The first kappa shape index (κ1) is 29.7. The van der Waals surface area contributed by atoms with Crippen LogP contribution in [0.2, 0.25) is 0 Å².